The number of rotatable bonds is 3. The predicted octanol–water partition coefficient (Wildman–Crippen LogP) is 2.64. The molecule has 0 spiro atoms. The summed E-state index contributed by atoms with van der Waals surface area (Å²) in [7, 11) is 0. The van der Waals surface area contributed by atoms with E-state index in [9.17, 15) is 9.59 Å². The molecule has 0 atom stereocenters. The highest BCUT2D eigenvalue weighted by molar-refractivity contribution is 5.92. The van der Waals surface area contributed by atoms with Crippen LogP contribution in [0.1, 0.15) is 31.7 Å². The van der Waals surface area contributed by atoms with Crippen molar-refractivity contribution >= 4 is 18.0 Å². The van der Waals surface area contributed by atoms with Gasteiger partial charge in [0.2, 0.25) is 5.91 Å². The Morgan fingerprint density at radius 2 is 1.85 bits per heavy atom. The molecule has 0 bridgehead atoms. The molecule has 0 aliphatic carbocycles. The zero-order valence-electron chi connectivity index (χ0n) is 11.7. The van der Waals surface area contributed by atoms with E-state index in [1.807, 2.05) is 17.0 Å². The third-order valence-electron chi connectivity index (χ3n) is 3.25. The van der Waals surface area contributed by atoms with Crippen LogP contribution < -0.4 is 4.74 Å². The van der Waals surface area contributed by atoms with Crippen molar-refractivity contribution in [1.29, 1.82) is 0 Å². The molecule has 2 rings (SSSR count). The maximum atomic E-state index is 12.0. The van der Waals surface area contributed by atoms with Gasteiger partial charge in [0.1, 0.15) is 5.75 Å². The average Bonchev–Trinajstić information content (AvgIpc) is 2.46. The summed E-state index contributed by atoms with van der Waals surface area (Å²) < 4.78 is 5.11. The fourth-order valence-electron chi connectivity index (χ4n) is 2.25. The zero-order chi connectivity index (χ0) is 14.4. The van der Waals surface area contributed by atoms with Crippen molar-refractivity contribution in [3.63, 3.8) is 0 Å². The smallest absolute Gasteiger partial charge is 0.308 e. The molecule has 1 aromatic carbocycles. The summed E-state index contributed by atoms with van der Waals surface area (Å²) >= 11 is 0. The van der Waals surface area contributed by atoms with Gasteiger partial charge in [-0.3, -0.25) is 9.59 Å². The molecule has 20 heavy (non-hydrogen) atoms. The molecule has 1 aromatic rings. The lowest BCUT2D eigenvalue weighted by molar-refractivity contribution is -0.132. The first kappa shape index (κ1) is 14.3. The molecular formula is C16H19NO3. The molecule has 0 N–H and O–H groups in total. The summed E-state index contributed by atoms with van der Waals surface area (Å²) in [5.41, 5.74) is 0.730. The number of piperidine rings is 1. The van der Waals surface area contributed by atoms with Gasteiger partial charge in [-0.1, -0.05) is 18.2 Å². The lowest BCUT2D eigenvalue weighted by Gasteiger charge is -2.25. The first-order chi connectivity index (χ1) is 9.66. The molecule has 106 valence electrons. The van der Waals surface area contributed by atoms with Gasteiger partial charge in [0, 0.05) is 31.7 Å². The number of nitrogens with zero attached hydrogens (tertiary/aromatic N) is 1. The number of benzene rings is 1. The van der Waals surface area contributed by atoms with Crippen LogP contribution in [0.5, 0.6) is 5.75 Å². The van der Waals surface area contributed by atoms with E-state index in [4.69, 9.17) is 4.74 Å². The van der Waals surface area contributed by atoms with Gasteiger partial charge in [-0.2, -0.15) is 0 Å². The minimum absolute atomic E-state index is 0.0160. The molecule has 1 aliphatic rings. The van der Waals surface area contributed by atoms with Crippen LogP contribution in [0.3, 0.4) is 0 Å². The quantitative estimate of drug-likeness (QED) is 0.483. The van der Waals surface area contributed by atoms with E-state index in [1.165, 1.54) is 13.3 Å². The average molecular weight is 273 g/mol. The van der Waals surface area contributed by atoms with Crippen LogP contribution in [-0.4, -0.2) is 29.9 Å². The van der Waals surface area contributed by atoms with E-state index < -0.39 is 0 Å². The summed E-state index contributed by atoms with van der Waals surface area (Å²) in [6, 6.07) is 7.17. The van der Waals surface area contributed by atoms with Crippen molar-refractivity contribution in [2.45, 2.75) is 26.2 Å². The summed E-state index contributed by atoms with van der Waals surface area (Å²) in [4.78, 5) is 24.9. The van der Waals surface area contributed by atoms with Gasteiger partial charge in [-0.15, -0.1) is 0 Å². The molecule has 1 saturated heterocycles. The summed E-state index contributed by atoms with van der Waals surface area (Å²) in [5, 5.41) is 0. The monoisotopic (exact) mass is 273 g/mol. The maximum absolute atomic E-state index is 12.0. The van der Waals surface area contributed by atoms with Gasteiger partial charge < -0.3 is 9.64 Å². The van der Waals surface area contributed by atoms with Gasteiger partial charge in [-0.25, -0.2) is 0 Å². The number of para-hydroxylation sites is 1. The van der Waals surface area contributed by atoms with Gasteiger partial charge >= 0.3 is 5.97 Å². The van der Waals surface area contributed by atoms with E-state index in [0.717, 1.165) is 31.5 Å². The summed E-state index contributed by atoms with van der Waals surface area (Å²) in [5.74, 6) is 0.123. The van der Waals surface area contributed by atoms with E-state index in [1.54, 1.807) is 24.3 Å². The van der Waals surface area contributed by atoms with Gasteiger partial charge in [-0.05, 0) is 31.4 Å². The molecule has 0 radical (unpaired) electrons. The standard InChI is InChI=1S/C16H19NO3/c1-13(18)20-15-8-4-3-7-14(15)9-10-16(19)17-11-5-2-6-12-17/h3-4,7-10H,2,5-6,11-12H2,1H3/b10-9+. The molecule has 1 heterocycles. The molecule has 1 fully saturated rings. The number of ether oxygens (including phenoxy) is 1. The zero-order valence-corrected chi connectivity index (χ0v) is 11.7. The molecular weight excluding hydrogens is 254 g/mol. The van der Waals surface area contributed by atoms with Crippen molar-refractivity contribution in [2.75, 3.05) is 13.1 Å². The Morgan fingerprint density at radius 3 is 2.55 bits per heavy atom. The molecule has 0 unspecified atom stereocenters. The molecule has 4 nitrogen and oxygen atoms in total. The summed E-state index contributed by atoms with van der Waals surface area (Å²) in [6.07, 6.45) is 6.60. The minimum Gasteiger partial charge on any atom is -0.426 e. The lowest BCUT2D eigenvalue weighted by Crippen LogP contribution is -2.34. The molecule has 1 amide bonds. The second kappa shape index (κ2) is 6.89. The molecule has 0 aromatic heterocycles. The van der Waals surface area contributed by atoms with Crippen LogP contribution in [0, 0.1) is 0 Å². The highest BCUT2D eigenvalue weighted by Crippen LogP contribution is 2.20. The lowest BCUT2D eigenvalue weighted by atomic mass is 10.1. The number of carbonyl (C=O) groups is 2. The summed E-state index contributed by atoms with van der Waals surface area (Å²) in [6.45, 7) is 3.02. The van der Waals surface area contributed by atoms with Crippen molar-refractivity contribution in [1.82, 2.24) is 4.90 Å². The number of amides is 1. The number of carbonyl (C=O) groups excluding carboxylic acids is 2. The fraction of sp³-hybridized carbons (Fsp3) is 0.375. The maximum Gasteiger partial charge on any atom is 0.308 e. The Morgan fingerprint density at radius 1 is 1.15 bits per heavy atom. The molecule has 0 saturated carbocycles. The molecule has 4 heteroatoms. The highest BCUT2D eigenvalue weighted by Gasteiger charge is 2.13. The normalized spacial score (nSPS) is 15.3. The Bertz CT molecular complexity index is 516. The van der Waals surface area contributed by atoms with Crippen LogP contribution in [0.2, 0.25) is 0 Å². The fourth-order valence-corrected chi connectivity index (χ4v) is 2.25. The van der Waals surface area contributed by atoms with Crippen molar-refractivity contribution < 1.29 is 14.3 Å². The first-order valence-electron chi connectivity index (χ1n) is 6.91. The van der Waals surface area contributed by atoms with Crippen molar-refractivity contribution in [3.8, 4) is 5.75 Å². The van der Waals surface area contributed by atoms with Crippen LogP contribution >= 0.6 is 0 Å². The number of hydrogen-bond acceptors (Lipinski definition) is 3. The SMILES string of the molecule is CC(=O)Oc1ccccc1/C=C/C(=O)N1CCCCC1. The Labute approximate surface area is 119 Å². The van der Waals surface area contributed by atoms with Crippen LogP contribution in [0.15, 0.2) is 30.3 Å². The van der Waals surface area contributed by atoms with E-state index in [-0.39, 0.29) is 11.9 Å². The molecule has 1 aliphatic heterocycles. The highest BCUT2D eigenvalue weighted by atomic mass is 16.5. The van der Waals surface area contributed by atoms with Crippen molar-refractivity contribution in [3.05, 3.63) is 35.9 Å². The second-order valence-electron chi connectivity index (χ2n) is 4.85. The Hall–Kier alpha value is -2.10. The largest absolute Gasteiger partial charge is 0.426 e. The Balaban J connectivity index is 2.06. The minimum atomic E-state index is -0.367. The topological polar surface area (TPSA) is 46.6 Å². The van der Waals surface area contributed by atoms with Gasteiger partial charge in [0.15, 0.2) is 0 Å². The van der Waals surface area contributed by atoms with Crippen LogP contribution in [-0.2, 0) is 9.59 Å². The number of esters is 1. The van der Waals surface area contributed by atoms with E-state index in [0.29, 0.717) is 5.75 Å². The second-order valence-corrected chi connectivity index (χ2v) is 4.85. The van der Waals surface area contributed by atoms with E-state index >= 15 is 0 Å². The third-order valence-corrected chi connectivity index (χ3v) is 3.25. The number of likely N-dealkylation sites (tertiary alicyclic amines) is 1. The Kier molecular flexibility index (Phi) is 4.93. The predicted molar refractivity (Wildman–Crippen MR) is 77.2 cm³/mol. The van der Waals surface area contributed by atoms with Gasteiger partial charge in [0.05, 0.1) is 0 Å². The van der Waals surface area contributed by atoms with E-state index in [2.05, 4.69) is 0 Å². The third kappa shape index (κ3) is 3.95. The van der Waals surface area contributed by atoms with Gasteiger partial charge in [0.25, 0.3) is 0 Å². The van der Waals surface area contributed by atoms with Crippen LogP contribution in [0.25, 0.3) is 6.08 Å². The first-order valence-corrected chi connectivity index (χ1v) is 6.91. The number of hydrogen-bond donors (Lipinski definition) is 0. The van der Waals surface area contributed by atoms with Crippen LogP contribution in [0.4, 0.5) is 0 Å². The van der Waals surface area contributed by atoms with Crippen molar-refractivity contribution in [2.24, 2.45) is 0 Å².